The number of hydrogen-bond donors (Lipinski definition) is 12. The number of aliphatic hydroxyl groups excluding tert-OH is 1. The summed E-state index contributed by atoms with van der Waals surface area (Å²) in [4.78, 5) is 109. The highest BCUT2D eigenvalue weighted by Gasteiger charge is 2.40. The quantitative estimate of drug-likeness (QED) is 0.0255. The summed E-state index contributed by atoms with van der Waals surface area (Å²) in [5, 5.41) is 34.7. The predicted molar refractivity (Wildman–Crippen MR) is 224 cm³/mol. The first-order valence-corrected chi connectivity index (χ1v) is 20.4. The number of carboxylic acids is 1. The molecule has 0 bridgehead atoms. The number of aliphatic carboxylic acids is 1. The van der Waals surface area contributed by atoms with Gasteiger partial charge in [0.25, 0.3) is 0 Å². The van der Waals surface area contributed by atoms with E-state index < -0.39 is 102 Å². The number of likely N-dealkylation sites (tertiary alicyclic amines) is 1. The van der Waals surface area contributed by atoms with E-state index in [2.05, 4.69) is 36.9 Å². The molecule has 61 heavy (non-hydrogen) atoms. The lowest BCUT2D eigenvalue weighted by molar-refractivity contribution is -0.143. The number of nitrogens with zero attached hydrogens (tertiary/aromatic N) is 2. The molecule has 0 aromatic heterocycles. The minimum Gasteiger partial charge on any atom is -0.480 e. The Morgan fingerprint density at radius 2 is 1.30 bits per heavy atom. The molecule has 0 spiro atoms. The molecule has 22 nitrogen and oxygen atoms in total. The summed E-state index contributed by atoms with van der Waals surface area (Å²) < 4.78 is 0. The van der Waals surface area contributed by atoms with Crippen LogP contribution in [0.1, 0.15) is 78.2 Å². The van der Waals surface area contributed by atoms with Crippen molar-refractivity contribution in [3.05, 3.63) is 35.9 Å². The van der Waals surface area contributed by atoms with Crippen LogP contribution in [0.15, 0.2) is 35.3 Å². The Kier molecular flexibility index (Phi) is 21.6. The van der Waals surface area contributed by atoms with Gasteiger partial charge in [-0.3, -0.25) is 38.6 Å². The van der Waals surface area contributed by atoms with Crippen molar-refractivity contribution in [3.8, 4) is 0 Å². The fourth-order valence-corrected chi connectivity index (χ4v) is 6.38. The van der Waals surface area contributed by atoms with Crippen LogP contribution in [0, 0.1) is 0 Å². The number of aliphatic imine (C=N–C) groups is 1. The number of benzene rings is 1. The number of carbonyl (C=O) groups is 8. The van der Waals surface area contributed by atoms with Crippen LogP contribution in [-0.2, 0) is 44.8 Å². The molecule has 1 heterocycles. The largest absolute Gasteiger partial charge is 0.480 e. The van der Waals surface area contributed by atoms with Gasteiger partial charge in [0.2, 0.25) is 41.4 Å². The van der Waals surface area contributed by atoms with Gasteiger partial charge in [-0.1, -0.05) is 30.3 Å². The molecule has 2 rings (SSSR count). The monoisotopic (exact) mass is 860 g/mol. The van der Waals surface area contributed by atoms with E-state index in [9.17, 15) is 48.6 Å². The maximum absolute atomic E-state index is 13.9. The summed E-state index contributed by atoms with van der Waals surface area (Å²) >= 11 is 0. The van der Waals surface area contributed by atoms with E-state index in [1.807, 2.05) is 30.3 Å². The molecule has 1 aromatic carbocycles. The second-order valence-corrected chi connectivity index (χ2v) is 15.1. The molecule has 1 fully saturated rings. The van der Waals surface area contributed by atoms with E-state index in [4.69, 9.17) is 22.9 Å². The molecule has 1 aromatic rings. The molecule has 1 aliphatic heterocycles. The molecule has 22 heteroatoms. The Morgan fingerprint density at radius 1 is 0.754 bits per heavy atom. The number of carbonyl (C=O) groups excluding carboxylic acids is 7. The Morgan fingerprint density at radius 3 is 1.84 bits per heavy atom. The Labute approximate surface area is 355 Å². The zero-order valence-corrected chi connectivity index (χ0v) is 35.2. The summed E-state index contributed by atoms with van der Waals surface area (Å²) in [5.74, 6) is -6.60. The third-order valence-electron chi connectivity index (χ3n) is 9.91. The Bertz CT molecular complexity index is 1690. The number of carboxylic acid groups (broad SMARTS) is 1. The van der Waals surface area contributed by atoms with Gasteiger partial charge >= 0.3 is 5.97 Å². The summed E-state index contributed by atoms with van der Waals surface area (Å²) in [7, 11) is 0. The van der Waals surface area contributed by atoms with Crippen LogP contribution in [0.2, 0.25) is 0 Å². The SMILES string of the molecule is C[C@H](NC(=O)[C@H](C)NC(=O)[C@@H](NC(=O)[C@@H]1CCCN1C(=O)[C@H](CCCCN)NC(=O)[C@@H](N)Cc1ccccc1)[C@@H](C)O)C(=O)N[C@H](C)C(=O)N[C@@H](CCCN=C(N)N)C(=O)O. The number of nitrogens with two attached hydrogens (primary N) is 4. The van der Waals surface area contributed by atoms with Crippen molar-refractivity contribution in [2.45, 2.75) is 134 Å². The van der Waals surface area contributed by atoms with Crippen molar-refractivity contribution >= 4 is 53.3 Å². The fourth-order valence-electron chi connectivity index (χ4n) is 6.38. The van der Waals surface area contributed by atoms with Gasteiger partial charge < -0.3 is 69.9 Å². The highest BCUT2D eigenvalue weighted by Crippen LogP contribution is 2.21. The highest BCUT2D eigenvalue weighted by molar-refractivity contribution is 5.97. The predicted octanol–water partition coefficient (Wildman–Crippen LogP) is -3.84. The topological polar surface area (TPSA) is 369 Å². The zero-order valence-electron chi connectivity index (χ0n) is 35.2. The molecule has 16 N–H and O–H groups in total. The molecular formula is C39H64N12O10. The van der Waals surface area contributed by atoms with Crippen LogP contribution in [0.4, 0.5) is 0 Å². The van der Waals surface area contributed by atoms with Gasteiger partial charge in [-0.15, -0.1) is 0 Å². The molecule has 0 radical (unpaired) electrons. The Balaban J connectivity index is 2.00. The van der Waals surface area contributed by atoms with Crippen LogP contribution < -0.4 is 54.8 Å². The number of aliphatic hydroxyl groups is 1. The van der Waals surface area contributed by atoms with Crippen molar-refractivity contribution in [3.63, 3.8) is 0 Å². The van der Waals surface area contributed by atoms with E-state index in [1.165, 1.54) is 32.6 Å². The van der Waals surface area contributed by atoms with E-state index in [0.29, 0.717) is 25.8 Å². The number of rotatable bonds is 25. The van der Waals surface area contributed by atoms with E-state index in [-0.39, 0.29) is 51.2 Å². The first-order valence-electron chi connectivity index (χ1n) is 20.4. The molecule has 340 valence electrons. The van der Waals surface area contributed by atoms with Gasteiger partial charge in [-0.2, -0.15) is 0 Å². The number of nitrogens with one attached hydrogen (secondary N) is 6. The van der Waals surface area contributed by atoms with Crippen LogP contribution in [0.5, 0.6) is 0 Å². The molecule has 0 unspecified atom stereocenters. The van der Waals surface area contributed by atoms with E-state index in [0.717, 1.165) is 5.56 Å². The van der Waals surface area contributed by atoms with E-state index >= 15 is 0 Å². The second kappa shape index (κ2) is 25.7. The molecule has 1 saturated heterocycles. The van der Waals surface area contributed by atoms with Crippen molar-refractivity contribution in [1.82, 2.24) is 36.8 Å². The summed E-state index contributed by atoms with van der Waals surface area (Å²) in [6, 6.07) is -0.372. The maximum atomic E-state index is 13.9. The smallest absolute Gasteiger partial charge is 0.326 e. The summed E-state index contributed by atoms with van der Waals surface area (Å²) in [6.07, 6.45) is 1.09. The van der Waals surface area contributed by atoms with Gasteiger partial charge in [0.15, 0.2) is 5.96 Å². The van der Waals surface area contributed by atoms with Gasteiger partial charge in [0.1, 0.15) is 42.3 Å². The third kappa shape index (κ3) is 17.3. The first-order chi connectivity index (χ1) is 28.8. The third-order valence-corrected chi connectivity index (χ3v) is 9.91. The second-order valence-electron chi connectivity index (χ2n) is 15.1. The van der Waals surface area contributed by atoms with Gasteiger partial charge in [-0.05, 0) is 91.2 Å². The van der Waals surface area contributed by atoms with Crippen molar-refractivity contribution in [2.24, 2.45) is 27.9 Å². The van der Waals surface area contributed by atoms with Crippen molar-refractivity contribution < 1.29 is 48.6 Å². The Hall–Kier alpha value is -5.87. The lowest BCUT2D eigenvalue weighted by Crippen LogP contribution is -2.61. The van der Waals surface area contributed by atoms with Crippen LogP contribution in [0.25, 0.3) is 0 Å². The summed E-state index contributed by atoms with van der Waals surface area (Å²) in [6.45, 7) is 5.90. The molecule has 7 amide bonds. The average Bonchev–Trinajstić information content (AvgIpc) is 3.70. The van der Waals surface area contributed by atoms with Crippen LogP contribution >= 0.6 is 0 Å². The maximum Gasteiger partial charge on any atom is 0.326 e. The lowest BCUT2D eigenvalue weighted by Gasteiger charge is -2.31. The number of guanidine groups is 1. The molecule has 0 saturated carbocycles. The van der Waals surface area contributed by atoms with Gasteiger partial charge in [-0.25, -0.2) is 4.79 Å². The molecule has 1 aliphatic rings. The highest BCUT2D eigenvalue weighted by atomic mass is 16.4. The molecule has 9 atom stereocenters. The van der Waals surface area contributed by atoms with E-state index in [1.54, 1.807) is 0 Å². The van der Waals surface area contributed by atoms with Gasteiger partial charge in [0.05, 0.1) is 12.1 Å². The number of hydrogen-bond acceptors (Lipinski definition) is 12. The lowest BCUT2D eigenvalue weighted by atomic mass is 10.0. The minimum atomic E-state index is -1.56. The fraction of sp³-hybridized carbons (Fsp3) is 0.615. The standard InChI is InChI=1S/C39H64N12O10/c1-21(31(53)46-23(3)33(55)49-28(38(60)61)15-10-18-44-39(42)43)45-32(54)22(2)47-36(58)30(24(4)52)50-35(57)29-16-11-19-51(29)37(59)27(14-8-9-17-40)48-34(56)26(41)20-25-12-6-5-7-13-25/h5-7,12-13,21-24,26-30,52H,8-11,14-20,40-41H2,1-4H3,(H,45,54)(H,46,53)(H,47,58)(H,48,56)(H,49,55)(H,50,57)(H,60,61)(H4,42,43,44)/t21-,22-,23+,24+,26-,27-,28-,29-,30-/m0/s1. The van der Waals surface area contributed by atoms with Crippen LogP contribution in [-0.4, -0.2) is 142 Å². The number of unbranched alkanes of at least 4 members (excludes halogenated alkanes) is 1. The zero-order chi connectivity index (χ0) is 45.8. The van der Waals surface area contributed by atoms with Gasteiger partial charge in [0, 0.05) is 13.1 Å². The normalized spacial score (nSPS) is 17.4. The average molecular weight is 861 g/mol. The molecule has 0 aliphatic carbocycles. The summed E-state index contributed by atoms with van der Waals surface area (Å²) in [5.41, 5.74) is 23.2. The van der Waals surface area contributed by atoms with Crippen molar-refractivity contribution in [1.29, 1.82) is 0 Å². The van der Waals surface area contributed by atoms with Crippen molar-refractivity contribution in [2.75, 3.05) is 19.6 Å². The van der Waals surface area contributed by atoms with Crippen LogP contribution in [0.3, 0.4) is 0 Å². The molecular weight excluding hydrogens is 797 g/mol. The first kappa shape index (κ1) is 51.3. The number of amides is 7. The minimum absolute atomic E-state index is 0.0102.